The first kappa shape index (κ1) is 17.0. The Morgan fingerprint density at radius 1 is 1.00 bits per heavy atom. The van der Waals surface area contributed by atoms with E-state index in [-0.39, 0.29) is 0 Å². The lowest BCUT2D eigenvalue weighted by Crippen LogP contribution is -2.19. The second kappa shape index (κ2) is 10.7. The van der Waals surface area contributed by atoms with Crippen LogP contribution in [0.1, 0.15) is 76.8 Å². The Balaban J connectivity index is 2.01. The van der Waals surface area contributed by atoms with Crippen LogP contribution in [-0.2, 0) is 0 Å². The van der Waals surface area contributed by atoms with Crippen molar-refractivity contribution in [3.63, 3.8) is 0 Å². The first-order valence-electron chi connectivity index (χ1n) is 8.26. The average molecular weight is 277 g/mol. The highest BCUT2D eigenvalue weighted by Crippen LogP contribution is 2.17. The molecule has 0 fully saturated rings. The number of rotatable bonds is 11. The maximum absolute atomic E-state index is 9.46. The molecule has 114 valence electrons. The Morgan fingerprint density at radius 2 is 1.65 bits per heavy atom. The molecule has 2 N–H and O–H groups in total. The molecule has 1 rings (SSSR count). The predicted molar refractivity (Wildman–Crippen MR) is 87.1 cm³/mol. The molecule has 0 spiro atoms. The molecule has 0 amide bonds. The van der Waals surface area contributed by atoms with Gasteiger partial charge >= 0.3 is 0 Å². The van der Waals surface area contributed by atoms with Gasteiger partial charge in [-0.3, -0.25) is 0 Å². The average Bonchev–Trinajstić information content (AvgIpc) is 2.45. The van der Waals surface area contributed by atoms with Crippen molar-refractivity contribution in [2.45, 2.75) is 71.3 Å². The third-order valence-electron chi connectivity index (χ3n) is 3.85. The smallest absolute Gasteiger partial charge is 0.115 e. The van der Waals surface area contributed by atoms with Crippen LogP contribution in [0.15, 0.2) is 24.3 Å². The summed E-state index contributed by atoms with van der Waals surface area (Å²) in [6.45, 7) is 5.48. The molecule has 0 heterocycles. The molecule has 0 saturated heterocycles. The molecular weight excluding hydrogens is 246 g/mol. The van der Waals surface area contributed by atoms with Crippen molar-refractivity contribution in [3.8, 4) is 5.75 Å². The first-order valence-corrected chi connectivity index (χ1v) is 8.26. The molecule has 0 saturated carbocycles. The van der Waals surface area contributed by atoms with Crippen molar-refractivity contribution in [2.24, 2.45) is 0 Å². The molecule has 0 aliphatic carbocycles. The summed E-state index contributed by atoms with van der Waals surface area (Å²) in [6.07, 6.45) is 10.9. The summed E-state index contributed by atoms with van der Waals surface area (Å²) in [5, 5.41) is 13.0. The minimum absolute atomic E-state index is 0.312. The van der Waals surface area contributed by atoms with E-state index in [0.717, 1.165) is 12.1 Å². The summed E-state index contributed by atoms with van der Waals surface area (Å²) < 4.78 is 0. The molecule has 0 aliphatic rings. The third kappa shape index (κ3) is 7.54. The fourth-order valence-corrected chi connectivity index (χ4v) is 2.49. The van der Waals surface area contributed by atoms with Gasteiger partial charge in [-0.05, 0) is 37.6 Å². The number of nitrogens with one attached hydrogen (secondary N) is 1. The lowest BCUT2D eigenvalue weighted by molar-refractivity contribution is 0.471. The Morgan fingerprint density at radius 3 is 2.30 bits per heavy atom. The van der Waals surface area contributed by atoms with Crippen LogP contribution in [0.5, 0.6) is 5.75 Å². The van der Waals surface area contributed by atoms with Gasteiger partial charge in [0.2, 0.25) is 0 Å². The molecule has 0 bridgehead atoms. The van der Waals surface area contributed by atoms with Crippen LogP contribution in [0, 0.1) is 0 Å². The largest absolute Gasteiger partial charge is 0.508 e. The van der Waals surface area contributed by atoms with Crippen LogP contribution in [0.25, 0.3) is 0 Å². The van der Waals surface area contributed by atoms with Crippen molar-refractivity contribution >= 4 is 0 Å². The van der Waals surface area contributed by atoms with Crippen LogP contribution in [0.2, 0.25) is 0 Å². The van der Waals surface area contributed by atoms with Crippen LogP contribution >= 0.6 is 0 Å². The van der Waals surface area contributed by atoms with Gasteiger partial charge in [0.1, 0.15) is 5.75 Å². The van der Waals surface area contributed by atoms with Crippen molar-refractivity contribution < 1.29 is 5.11 Å². The summed E-state index contributed by atoms with van der Waals surface area (Å²) in [5.41, 5.74) is 1.16. The SMILES string of the molecule is CCCCCCCCCCNC(C)c1cccc(O)c1. The molecule has 20 heavy (non-hydrogen) atoms. The number of aromatic hydroxyl groups is 1. The zero-order valence-corrected chi connectivity index (χ0v) is 13.2. The third-order valence-corrected chi connectivity index (χ3v) is 3.85. The first-order chi connectivity index (χ1) is 9.74. The van der Waals surface area contributed by atoms with E-state index in [0.29, 0.717) is 11.8 Å². The quantitative estimate of drug-likeness (QED) is 0.546. The van der Waals surface area contributed by atoms with E-state index in [1.807, 2.05) is 12.1 Å². The van der Waals surface area contributed by atoms with Crippen molar-refractivity contribution in [3.05, 3.63) is 29.8 Å². The number of hydrogen-bond acceptors (Lipinski definition) is 2. The molecule has 2 nitrogen and oxygen atoms in total. The van der Waals surface area contributed by atoms with E-state index in [4.69, 9.17) is 0 Å². The summed E-state index contributed by atoms with van der Waals surface area (Å²) in [7, 11) is 0. The predicted octanol–water partition coefficient (Wildman–Crippen LogP) is 5.18. The van der Waals surface area contributed by atoms with Crippen molar-refractivity contribution in [1.29, 1.82) is 0 Å². The highest BCUT2D eigenvalue weighted by Gasteiger charge is 2.04. The standard InChI is InChI=1S/C18H31NO/c1-3-4-5-6-7-8-9-10-14-19-16(2)17-12-11-13-18(20)15-17/h11-13,15-16,19-20H,3-10,14H2,1-2H3. The minimum Gasteiger partial charge on any atom is -0.508 e. The van der Waals surface area contributed by atoms with Crippen LogP contribution in [-0.4, -0.2) is 11.7 Å². The molecule has 1 unspecified atom stereocenters. The van der Waals surface area contributed by atoms with Gasteiger partial charge in [-0.15, -0.1) is 0 Å². The van der Waals surface area contributed by atoms with Gasteiger partial charge in [0, 0.05) is 6.04 Å². The Bertz CT molecular complexity index is 351. The van der Waals surface area contributed by atoms with Gasteiger partial charge in [-0.25, -0.2) is 0 Å². The Labute approximate surface area is 124 Å². The molecular formula is C18H31NO. The monoisotopic (exact) mass is 277 g/mol. The van der Waals surface area contributed by atoms with E-state index < -0.39 is 0 Å². The second-order valence-corrected chi connectivity index (χ2v) is 5.75. The van der Waals surface area contributed by atoms with Gasteiger partial charge in [-0.1, -0.05) is 64.0 Å². The zero-order valence-electron chi connectivity index (χ0n) is 13.2. The maximum Gasteiger partial charge on any atom is 0.115 e. The zero-order chi connectivity index (χ0) is 14.6. The van der Waals surface area contributed by atoms with Gasteiger partial charge in [0.15, 0.2) is 0 Å². The minimum atomic E-state index is 0.312. The fraction of sp³-hybridized carbons (Fsp3) is 0.667. The molecule has 0 radical (unpaired) electrons. The number of hydrogen-bond donors (Lipinski definition) is 2. The highest BCUT2D eigenvalue weighted by atomic mass is 16.3. The van der Waals surface area contributed by atoms with E-state index in [1.165, 1.54) is 51.4 Å². The van der Waals surface area contributed by atoms with E-state index in [9.17, 15) is 5.11 Å². The van der Waals surface area contributed by atoms with Gasteiger partial charge < -0.3 is 10.4 Å². The van der Waals surface area contributed by atoms with Crippen molar-refractivity contribution in [1.82, 2.24) is 5.32 Å². The van der Waals surface area contributed by atoms with Gasteiger partial charge in [-0.2, -0.15) is 0 Å². The lowest BCUT2D eigenvalue weighted by Gasteiger charge is -2.14. The number of benzene rings is 1. The topological polar surface area (TPSA) is 32.3 Å². The van der Waals surface area contributed by atoms with Crippen molar-refractivity contribution in [2.75, 3.05) is 6.54 Å². The van der Waals surface area contributed by atoms with Crippen LogP contribution in [0.4, 0.5) is 0 Å². The van der Waals surface area contributed by atoms with Crippen LogP contribution in [0.3, 0.4) is 0 Å². The van der Waals surface area contributed by atoms with Crippen LogP contribution < -0.4 is 5.32 Å². The Kier molecular flexibility index (Phi) is 9.14. The summed E-state index contributed by atoms with van der Waals surface area (Å²) in [5.74, 6) is 0.350. The maximum atomic E-state index is 9.46. The molecule has 2 heteroatoms. The lowest BCUT2D eigenvalue weighted by atomic mass is 10.1. The summed E-state index contributed by atoms with van der Waals surface area (Å²) in [4.78, 5) is 0. The molecule has 1 aromatic carbocycles. The Hall–Kier alpha value is -1.02. The summed E-state index contributed by atoms with van der Waals surface area (Å²) >= 11 is 0. The normalized spacial score (nSPS) is 12.5. The second-order valence-electron chi connectivity index (χ2n) is 5.75. The van der Waals surface area contributed by atoms with Gasteiger partial charge in [0.25, 0.3) is 0 Å². The van der Waals surface area contributed by atoms with E-state index in [1.54, 1.807) is 6.07 Å². The molecule has 0 aliphatic heterocycles. The molecule has 1 aromatic rings. The number of phenols is 1. The summed E-state index contributed by atoms with van der Waals surface area (Å²) in [6, 6.07) is 7.83. The molecule has 0 aromatic heterocycles. The number of phenolic OH excluding ortho intramolecular Hbond substituents is 1. The van der Waals surface area contributed by atoms with E-state index >= 15 is 0 Å². The van der Waals surface area contributed by atoms with Gasteiger partial charge in [0.05, 0.1) is 0 Å². The number of unbranched alkanes of at least 4 members (excludes halogenated alkanes) is 7. The fourth-order valence-electron chi connectivity index (χ4n) is 2.49. The highest BCUT2D eigenvalue weighted by molar-refractivity contribution is 5.28. The van der Waals surface area contributed by atoms with E-state index in [2.05, 4.69) is 25.2 Å². The molecule has 1 atom stereocenters.